The predicted octanol–water partition coefficient (Wildman–Crippen LogP) is 2.70. The van der Waals surface area contributed by atoms with Crippen molar-refractivity contribution in [1.29, 1.82) is 0 Å². The standard InChI is InChI=1S/C17H20N2O4/c1-11(2)10-22-14-7-5-13(6-8-14)16(20)18-19-17(21)15-9-4-12(3)23-15/h4-9,11H,10H2,1-3H3,(H,18,20)(H,19,21). The molecular formula is C17H20N2O4. The lowest BCUT2D eigenvalue weighted by molar-refractivity contribution is 0.0830. The van der Waals surface area contributed by atoms with Gasteiger partial charge >= 0.3 is 5.91 Å². The van der Waals surface area contributed by atoms with Crippen LogP contribution in [0.5, 0.6) is 5.75 Å². The minimum atomic E-state index is -0.511. The molecular weight excluding hydrogens is 296 g/mol. The second-order valence-corrected chi connectivity index (χ2v) is 5.55. The number of nitrogens with one attached hydrogen (secondary N) is 2. The van der Waals surface area contributed by atoms with Crippen LogP contribution in [0.15, 0.2) is 40.8 Å². The molecule has 0 atom stereocenters. The van der Waals surface area contributed by atoms with Gasteiger partial charge in [-0.1, -0.05) is 13.8 Å². The SMILES string of the molecule is Cc1ccc(C(=O)NNC(=O)c2ccc(OCC(C)C)cc2)o1. The summed E-state index contributed by atoms with van der Waals surface area (Å²) in [5.41, 5.74) is 5.05. The first kappa shape index (κ1) is 16.6. The van der Waals surface area contributed by atoms with Gasteiger partial charge in [-0.25, -0.2) is 0 Å². The third kappa shape index (κ3) is 4.88. The van der Waals surface area contributed by atoms with Crippen molar-refractivity contribution in [2.45, 2.75) is 20.8 Å². The number of carbonyl (C=O) groups is 2. The van der Waals surface area contributed by atoms with Crippen LogP contribution in [0.3, 0.4) is 0 Å². The van der Waals surface area contributed by atoms with Gasteiger partial charge in [-0.3, -0.25) is 20.4 Å². The molecule has 23 heavy (non-hydrogen) atoms. The third-order valence-corrected chi connectivity index (χ3v) is 2.95. The molecule has 0 aliphatic carbocycles. The number of hydrazine groups is 1. The number of amides is 2. The number of aryl methyl sites for hydroxylation is 1. The fourth-order valence-corrected chi connectivity index (χ4v) is 1.77. The summed E-state index contributed by atoms with van der Waals surface area (Å²) in [6, 6.07) is 9.91. The van der Waals surface area contributed by atoms with Gasteiger partial charge in [0, 0.05) is 5.56 Å². The van der Waals surface area contributed by atoms with Crippen molar-refractivity contribution in [3.05, 3.63) is 53.5 Å². The van der Waals surface area contributed by atoms with Gasteiger partial charge in [0.15, 0.2) is 5.76 Å². The van der Waals surface area contributed by atoms with Gasteiger partial charge in [0.25, 0.3) is 5.91 Å². The average Bonchev–Trinajstić information content (AvgIpc) is 2.97. The topological polar surface area (TPSA) is 80.6 Å². The summed E-state index contributed by atoms with van der Waals surface area (Å²) < 4.78 is 10.7. The molecule has 0 aliphatic heterocycles. The minimum Gasteiger partial charge on any atom is -0.493 e. The normalized spacial score (nSPS) is 10.4. The quantitative estimate of drug-likeness (QED) is 0.831. The summed E-state index contributed by atoms with van der Waals surface area (Å²) >= 11 is 0. The molecule has 1 heterocycles. The summed E-state index contributed by atoms with van der Waals surface area (Å²) in [5.74, 6) is 0.961. The number of benzene rings is 1. The van der Waals surface area contributed by atoms with E-state index in [4.69, 9.17) is 9.15 Å². The molecule has 0 unspecified atom stereocenters. The summed E-state index contributed by atoms with van der Waals surface area (Å²) in [5, 5.41) is 0. The Balaban J connectivity index is 1.87. The molecule has 0 fully saturated rings. The number of rotatable bonds is 5. The molecule has 6 heteroatoms. The molecule has 1 aromatic heterocycles. The maximum atomic E-state index is 12.0. The van der Waals surface area contributed by atoms with E-state index >= 15 is 0 Å². The van der Waals surface area contributed by atoms with Crippen LogP contribution < -0.4 is 15.6 Å². The Hall–Kier alpha value is -2.76. The molecule has 0 bridgehead atoms. The molecule has 2 amide bonds. The highest BCUT2D eigenvalue weighted by Crippen LogP contribution is 2.13. The highest BCUT2D eigenvalue weighted by molar-refractivity contribution is 5.98. The summed E-state index contributed by atoms with van der Waals surface area (Å²) in [6.07, 6.45) is 0. The van der Waals surface area contributed by atoms with Gasteiger partial charge in [-0.2, -0.15) is 0 Å². The van der Waals surface area contributed by atoms with Gasteiger partial charge in [0.2, 0.25) is 0 Å². The lowest BCUT2D eigenvalue weighted by Gasteiger charge is -2.09. The average molecular weight is 316 g/mol. The van der Waals surface area contributed by atoms with Gasteiger partial charge < -0.3 is 9.15 Å². The lowest BCUT2D eigenvalue weighted by Crippen LogP contribution is -2.41. The van der Waals surface area contributed by atoms with Gasteiger partial charge in [0.1, 0.15) is 11.5 Å². The fraction of sp³-hybridized carbons (Fsp3) is 0.294. The number of carbonyl (C=O) groups excluding carboxylic acids is 2. The Kier molecular flexibility index (Phi) is 5.41. The van der Waals surface area contributed by atoms with Crippen LogP contribution in [-0.2, 0) is 0 Å². The minimum absolute atomic E-state index is 0.139. The molecule has 0 saturated heterocycles. The number of hydrogen-bond donors (Lipinski definition) is 2. The zero-order valence-electron chi connectivity index (χ0n) is 13.4. The Morgan fingerprint density at radius 2 is 1.70 bits per heavy atom. The maximum absolute atomic E-state index is 12.0. The van der Waals surface area contributed by atoms with E-state index in [2.05, 4.69) is 24.7 Å². The van der Waals surface area contributed by atoms with E-state index in [0.717, 1.165) is 0 Å². The van der Waals surface area contributed by atoms with Crippen molar-refractivity contribution in [3.63, 3.8) is 0 Å². The van der Waals surface area contributed by atoms with E-state index in [1.165, 1.54) is 6.07 Å². The first-order valence-electron chi connectivity index (χ1n) is 7.35. The van der Waals surface area contributed by atoms with Gasteiger partial charge in [0.05, 0.1) is 6.61 Å². The van der Waals surface area contributed by atoms with E-state index < -0.39 is 11.8 Å². The van der Waals surface area contributed by atoms with Crippen LogP contribution in [-0.4, -0.2) is 18.4 Å². The molecule has 0 spiro atoms. The first-order chi connectivity index (χ1) is 11.0. The van der Waals surface area contributed by atoms with Crippen LogP contribution in [0, 0.1) is 12.8 Å². The second-order valence-electron chi connectivity index (χ2n) is 5.55. The molecule has 122 valence electrons. The number of hydrogen-bond acceptors (Lipinski definition) is 4. The molecule has 6 nitrogen and oxygen atoms in total. The van der Waals surface area contributed by atoms with Gasteiger partial charge in [-0.05, 0) is 49.2 Å². The van der Waals surface area contributed by atoms with Crippen molar-refractivity contribution >= 4 is 11.8 Å². The number of furan rings is 1. The van der Waals surface area contributed by atoms with Crippen molar-refractivity contribution < 1.29 is 18.7 Å². The van der Waals surface area contributed by atoms with Crippen molar-refractivity contribution in [2.75, 3.05) is 6.61 Å². The molecule has 0 radical (unpaired) electrons. The van der Waals surface area contributed by atoms with Crippen LogP contribution in [0.1, 0.15) is 40.5 Å². The van der Waals surface area contributed by atoms with E-state index in [1.54, 1.807) is 37.3 Å². The summed E-state index contributed by atoms with van der Waals surface area (Å²) in [7, 11) is 0. The Morgan fingerprint density at radius 3 is 2.26 bits per heavy atom. The van der Waals surface area contributed by atoms with Crippen LogP contribution in [0.25, 0.3) is 0 Å². The van der Waals surface area contributed by atoms with Crippen LogP contribution in [0.2, 0.25) is 0 Å². The van der Waals surface area contributed by atoms with Crippen LogP contribution in [0.4, 0.5) is 0 Å². The highest BCUT2D eigenvalue weighted by Gasteiger charge is 2.12. The maximum Gasteiger partial charge on any atom is 0.305 e. The molecule has 2 rings (SSSR count). The Labute approximate surface area is 134 Å². The molecule has 1 aromatic carbocycles. The largest absolute Gasteiger partial charge is 0.493 e. The number of ether oxygens (including phenoxy) is 1. The monoisotopic (exact) mass is 316 g/mol. The molecule has 0 saturated carbocycles. The second kappa shape index (κ2) is 7.49. The van der Waals surface area contributed by atoms with E-state index in [9.17, 15) is 9.59 Å². The van der Waals surface area contributed by atoms with E-state index in [0.29, 0.717) is 29.6 Å². The van der Waals surface area contributed by atoms with Crippen molar-refractivity contribution in [1.82, 2.24) is 10.9 Å². The van der Waals surface area contributed by atoms with Crippen molar-refractivity contribution in [2.24, 2.45) is 5.92 Å². The molecule has 2 N–H and O–H groups in total. The third-order valence-electron chi connectivity index (χ3n) is 2.95. The fourth-order valence-electron chi connectivity index (χ4n) is 1.77. The molecule has 0 aliphatic rings. The molecule has 2 aromatic rings. The zero-order chi connectivity index (χ0) is 16.8. The van der Waals surface area contributed by atoms with E-state index in [-0.39, 0.29) is 5.76 Å². The summed E-state index contributed by atoms with van der Waals surface area (Å²) in [4.78, 5) is 23.7. The van der Waals surface area contributed by atoms with Crippen molar-refractivity contribution in [3.8, 4) is 5.75 Å². The van der Waals surface area contributed by atoms with Crippen LogP contribution >= 0.6 is 0 Å². The zero-order valence-corrected chi connectivity index (χ0v) is 13.4. The van der Waals surface area contributed by atoms with Gasteiger partial charge in [-0.15, -0.1) is 0 Å². The van der Waals surface area contributed by atoms with E-state index in [1.807, 2.05) is 0 Å². The Bertz CT molecular complexity index is 674. The highest BCUT2D eigenvalue weighted by atomic mass is 16.5. The predicted molar refractivity (Wildman–Crippen MR) is 85.2 cm³/mol. The Morgan fingerprint density at radius 1 is 1.04 bits per heavy atom. The smallest absolute Gasteiger partial charge is 0.305 e. The lowest BCUT2D eigenvalue weighted by atomic mass is 10.2. The first-order valence-corrected chi connectivity index (χ1v) is 7.35. The summed E-state index contributed by atoms with van der Waals surface area (Å²) in [6.45, 7) is 6.47.